The molecule has 1 fully saturated rings. The zero-order valence-electron chi connectivity index (χ0n) is 11.8. The van der Waals surface area contributed by atoms with Crippen molar-refractivity contribution in [3.63, 3.8) is 0 Å². The Hall–Kier alpha value is -1.33. The summed E-state index contributed by atoms with van der Waals surface area (Å²) >= 11 is 9.92. The van der Waals surface area contributed by atoms with Gasteiger partial charge in [0.25, 0.3) is 0 Å². The number of hydrogen-bond acceptors (Lipinski definition) is 4. The Morgan fingerprint density at radius 1 is 1.33 bits per heavy atom. The van der Waals surface area contributed by atoms with Crippen LogP contribution in [0.3, 0.4) is 0 Å². The predicted molar refractivity (Wildman–Crippen MR) is 88.3 cm³/mol. The zero-order valence-corrected chi connectivity index (χ0v) is 14.1. The summed E-state index contributed by atoms with van der Waals surface area (Å²) in [4.78, 5) is 9.29. The molecule has 0 saturated heterocycles. The number of benzene rings is 1. The van der Waals surface area contributed by atoms with Crippen LogP contribution in [0.2, 0.25) is 5.02 Å². The highest BCUT2D eigenvalue weighted by molar-refractivity contribution is 9.10. The Kier molecular flexibility index (Phi) is 4.04. The fourth-order valence-electron chi connectivity index (χ4n) is 2.26. The third-order valence-electron chi connectivity index (χ3n) is 3.50. The van der Waals surface area contributed by atoms with Crippen molar-refractivity contribution in [2.24, 2.45) is 0 Å². The van der Waals surface area contributed by atoms with Gasteiger partial charge < -0.3 is 10.1 Å². The van der Waals surface area contributed by atoms with Crippen LogP contribution in [-0.4, -0.2) is 24.1 Å². The Balaban J connectivity index is 2.21. The molecule has 0 radical (unpaired) electrons. The number of anilines is 1. The molecule has 1 aliphatic rings. The van der Waals surface area contributed by atoms with E-state index in [1.807, 2.05) is 25.2 Å². The Morgan fingerprint density at radius 3 is 2.71 bits per heavy atom. The summed E-state index contributed by atoms with van der Waals surface area (Å²) in [6.07, 6.45) is 2.33. The first kappa shape index (κ1) is 14.6. The van der Waals surface area contributed by atoms with Crippen molar-refractivity contribution in [1.82, 2.24) is 9.97 Å². The van der Waals surface area contributed by atoms with Crippen LogP contribution in [-0.2, 0) is 0 Å². The first-order chi connectivity index (χ1) is 10.2. The van der Waals surface area contributed by atoms with E-state index in [9.17, 15) is 0 Å². The zero-order chi connectivity index (χ0) is 15.0. The summed E-state index contributed by atoms with van der Waals surface area (Å²) in [7, 11) is 3.46. The molecule has 6 heteroatoms. The van der Waals surface area contributed by atoms with Gasteiger partial charge in [-0.1, -0.05) is 17.7 Å². The molecule has 0 unspecified atom stereocenters. The number of hydrogen-bond donors (Lipinski definition) is 1. The Morgan fingerprint density at radius 2 is 2.10 bits per heavy atom. The van der Waals surface area contributed by atoms with Gasteiger partial charge in [0.2, 0.25) is 0 Å². The van der Waals surface area contributed by atoms with Crippen LogP contribution in [0.15, 0.2) is 22.7 Å². The van der Waals surface area contributed by atoms with E-state index in [-0.39, 0.29) is 0 Å². The molecule has 110 valence electrons. The third kappa shape index (κ3) is 2.72. The molecule has 1 aliphatic carbocycles. The minimum Gasteiger partial charge on any atom is -0.496 e. The predicted octanol–water partition coefficient (Wildman–Crippen LogP) is 4.49. The first-order valence-corrected chi connectivity index (χ1v) is 7.90. The lowest BCUT2D eigenvalue weighted by molar-refractivity contribution is 0.416. The van der Waals surface area contributed by atoms with Crippen molar-refractivity contribution in [2.75, 3.05) is 19.5 Å². The largest absolute Gasteiger partial charge is 0.496 e. The molecule has 1 aromatic heterocycles. The van der Waals surface area contributed by atoms with Crippen LogP contribution in [0.4, 0.5) is 5.82 Å². The van der Waals surface area contributed by atoms with Gasteiger partial charge in [-0.2, -0.15) is 0 Å². The summed E-state index contributed by atoms with van der Waals surface area (Å²) in [5.74, 6) is 2.53. The maximum atomic E-state index is 6.33. The molecular formula is C15H15BrClN3O. The molecule has 0 atom stereocenters. The smallest absolute Gasteiger partial charge is 0.167 e. The highest BCUT2D eigenvalue weighted by atomic mass is 79.9. The van der Waals surface area contributed by atoms with Gasteiger partial charge in [0.05, 0.1) is 27.9 Å². The number of nitrogens with zero attached hydrogens (tertiary/aromatic N) is 2. The average molecular weight is 369 g/mol. The molecule has 2 aromatic rings. The second-order valence-corrected chi connectivity index (χ2v) is 6.14. The number of ether oxygens (including phenoxy) is 1. The molecule has 0 spiro atoms. The molecule has 1 aromatic carbocycles. The number of nitrogens with one attached hydrogen (secondary N) is 1. The topological polar surface area (TPSA) is 47.0 Å². The molecule has 0 amide bonds. The Labute approximate surface area is 137 Å². The average Bonchev–Trinajstić information content (AvgIpc) is 3.32. The van der Waals surface area contributed by atoms with Crippen LogP contribution < -0.4 is 10.1 Å². The normalized spacial score (nSPS) is 14.1. The van der Waals surface area contributed by atoms with Crippen LogP contribution in [0.25, 0.3) is 11.4 Å². The summed E-state index contributed by atoms with van der Waals surface area (Å²) in [5, 5.41) is 3.69. The van der Waals surface area contributed by atoms with E-state index in [2.05, 4.69) is 26.2 Å². The van der Waals surface area contributed by atoms with Crippen molar-refractivity contribution in [3.05, 3.63) is 33.4 Å². The first-order valence-electron chi connectivity index (χ1n) is 6.73. The third-order valence-corrected chi connectivity index (χ3v) is 4.59. The maximum absolute atomic E-state index is 6.33. The van der Waals surface area contributed by atoms with Gasteiger partial charge in [-0.15, -0.1) is 0 Å². The van der Waals surface area contributed by atoms with E-state index >= 15 is 0 Å². The molecule has 1 N–H and O–H groups in total. The van der Waals surface area contributed by atoms with Gasteiger partial charge in [0, 0.05) is 13.0 Å². The summed E-state index contributed by atoms with van der Waals surface area (Å²) < 4.78 is 6.34. The van der Waals surface area contributed by atoms with E-state index < -0.39 is 0 Å². The lowest BCUT2D eigenvalue weighted by Gasteiger charge is -2.13. The minimum atomic E-state index is 0.502. The second-order valence-electron chi connectivity index (χ2n) is 4.94. The number of rotatable bonds is 4. The van der Waals surface area contributed by atoms with Gasteiger partial charge in [-0.05, 0) is 40.9 Å². The molecule has 21 heavy (non-hydrogen) atoms. The van der Waals surface area contributed by atoms with Gasteiger partial charge >= 0.3 is 0 Å². The van der Waals surface area contributed by atoms with Crippen molar-refractivity contribution >= 4 is 33.3 Å². The van der Waals surface area contributed by atoms with Crippen LogP contribution >= 0.6 is 27.5 Å². The Bertz CT molecular complexity index is 689. The SMILES string of the molecule is CNc1nc(-c2c(Cl)cccc2OC)nc(C2CC2)c1Br. The molecule has 3 rings (SSSR count). The number of aromatic nitrogens is 2. The summed E-state index contributed by atoms with van der Waals surface area (Å²) in [5.41, 5.74) is 1.76. The van der Waals surface area contributed by atoms with Gasteiger partial charge in [0.1, 0.15) is 11.6 Å². The van der Waals surface area contributed by atoms with E-state index in [1.165, 1.54) is 0 Å². The standard InChI is InChI=1S/C15H15BrClN3O/c1-18-15-12(16)13(8-6-7-8)19-14(20-15)11-9(17)4-3-5-10(11)21-2/h3-5,8H,6-7H2,1-2H3,(H,18,19,20). The van der Waals surface area contributed by atoms with Crippen LogP contribution in [0, 0.1) is 0 Å². The van der Waals surface area contributed by atoms with Gasteiger partial charge in [0.15, 0.2) is 5.82 Å². The summed E-state index contributed by atoms with van der Waals surface area (Å²) in [6.45, 7) is 0. The molecule has 0 bridgehead atoms. The fraction of sp³-hybridized carbons (Fsp3) is 0.333. The highest BCUT2D eigenvalue weighted by Crippen LogP contribution is 2.45. The molecule has 1 saturated carbocycles. The number of methoxy groups -OCH3 is 1. The fourth-order valence-corrected chi connectivity index (χ4v) is 3.21. The van der Waals surface area contributed by atoms with Crippen molar-refractivity contribution < 1.29 is 4.74 Å². The lowest BCUT2D eigenvalue weighted by Crippen LogP contribution is -2.03. The summed E-state index contributed by atoms with van der Waals surface area (Å²) in [6, 6.07) is 5.54. The van der Waals surface area contributed by atoms with Crippen molar-refractivity contribution in [3.8, 4) is 17.1 Å². The van der Waals surface area contributed by atoms with Crippen LogP contribution in [0.5, 0.6) is 5.75 Å². The molecule has 1 heterocycles. The van der Waals surface area contributed by atoms with E-state index in [4.69, 9.17) is 21.3 Å². The molecular weight excluding hydrogens is 354 g/mol. The minimum absolute atomic E-state index is 0.502. The monoisotopic (exact) mass is 367 g/mol. The molecule has 4 nitrogen and oxygen atoms in total. The van der Waals surface area contributed by atoms with Crippen molar-refractivity contribution in [1.29, 1.82) is 0 Å². The van der Waals surface area contributed by atoms with E-state index in [0.717, 1.165) is 34.4 Å². The van der Waals surface area contributed by atoms with Gasteiger partial charge in [-0.25, -0.2) is 9.97 Å². The van der Waals surface area contributed by atoms with E-state index in [1.54, 1.807) is 7.11 Å². The molecule has 0 aliphatic heterocycles. The van der Waals surface area contributed by atoms with E-state index in [0.29, 0.717) is 22.5 Å². The second kappa shape index (κ2) is 5.81. The quantitative estimate of drug-likeness (QED) is 0.864. The highest BCUT2D eigenvalue weighted by Gasteiger charge is 2.30. The van der Waals surface area contributed by atoms with Crippen molar-refractivity contribution in [2.45, 2.75) is 18.8 Å². The lowest BCUT2D eigenvalue weighted by atomic mass is 10.1. The van der Waals surface area contributed by atoms with Gasteiger partial charge in [-0.3, -0.25) is 0 Å². The maximum Gasteiger partial charge on any atom is 0.167 e. The van der Waals surface area contributed by atoms with Crippen LogP contribution in [0.1, 0.15) is 24.5 Å². The number of halogens is 2.